The van der Waals surface area contributed by atoms with Crippen LogP contribution in [0.3, 0.4) is 0 Å². The molecule has 0 radical (unpaired) electrons. The lowest BCUT2D eigenvalue weighted by Crippen LogP contribution is -2.14. The summed E-state index contributed by atoms with van der Waals surface area (Å²) >= 11 is 4.86. The SMILES string of the molecule is COC(=S)Nc1ccccc1NC(C)=O. The van der Waals surface area contributed by atoms with Crippen molar-refractivity contribution < 1.29 is 9.53 Å². The number of methoxy groups -OCH3 is 1. The predicted octanol–water partition coefficient (Wildman–Crippen LogP) is 1.99. The first kappa shape index (κ1) is 11.5. The zero-order chi connectivity index (χ0) is 11.3. The fraction of sp³-hybridized carbons (Fsp3) is 0.200. The second kappa shape index (κ2) is 5.31. The molecule has 5 heteroatoms. The standard InChI is InChI=1S/C10H12N2O2S/c1-7(13)11-8-5-3-4-6-9(8)12-10(15)14-2/h3-6H,1-2H3,(H,11,13)(H,12,15). The van der Waals surface area contributed by atoms with Crippen LogP contribution in [0, 0.1) is 0 Å². The van der Waals surface area contributed by atoms with Gasteiger partial charge in [-0.1, -0.05) is 12.1 Å². The maximum atomic E-state index is 10.9. The number of rotatable bonds is 2. The third-order valence-electron chi connectivity index (χ3n) is 1.66. The smallest absolute Gasteiger partial charge is 0.260 e. The monoisotopic (exact) mass is 224 g/mol. The van der Waals surface area contributed by atoms with Gasteiger partial charge in [-0.25, -0.2) is 0 Å². The number of carbonyl (C=O) groups is 1. The average molecular weight is 224 g/mol. The van der Waals surface area contributed by atoms with Crippen LogP contribution in [-0.4, -0.2) is 18.2 Å². The Morgan fingerprint density at radius 1 is 1.27 bits per heavy atom. The van der Waals surface area contributed by atoms with Gasteiger partial charge in [0.15, 0.2) is 0 Å². The predicted molar refractivity (Wildman–Crippen MR) is 64.0 cm³/mol. The number of thiocarbonyl (C=S) groups is 1. The fourth-order valence-electron chi connectivity index (χ4n) is 1.05. The molecule has 0 aliphatic heterocycles. The van der Waals surface area contributed by atoms with Crippen molar-refractivity contribution in [3.05, 3.63) is 24.3 Å². The minimum atomic E-state index is -0.132. The van der Waals surface area contributed by atoms with Gasteiger partial charge in [0.25, 0.3) is 5.17 Å². The van der Waals surface area contributed by atoms with Gasteiger partial charge in [0.2, 0.25) is 5.91 Å². The number of amides is 1. The lowest BCUT2D eigenvalue weighted by molar-refractivity contribution is -0.114. The summed E-state index contributed by atoms with van der Waals surface area (Å²) in [6.45, 7) is 1.45. The Labute approximate surface area is 93.6 Å². The summed E-state index contributed by atoms with van der Waals surface area (Å²) in [6, 6.07) is 7.25. The number of anilines is 2. The van der Waals surface area contributed by atoms with Gasteiger partial charge in [0, 0.05) is 6.92 Å². The summed E-state index contributed by atoms with van der Waals surface area (Å²) < 4.78 is 4.82. The number of carbonyl (C=O) groups excluding carboxylic acids is 1. The number of hydrogen-bond acceptors (Lipinski definition) is 3. The molecule has 0 aliphatic rings. The molecule has 0 saturated carbocycles. The molecule has 0 atom stereocenters. The van der Waals surface area contributed by atoms with Crippen molar-refractivity contribution in [1.29, 1.82) is 0 Å². The molecule has 4 nitrogen and oxygen atoms in total. The van der Waals surface area contributed by atoms with Crippen LogP contribution in [0.5, 0.6) is 0 Å². The van der Waals surface area contributed by atoms with E-state index in [0.717, 1.165) is 0 Å². The maximum absolute atomic E-state index is 10.9. The molecule has 0 fully saturated rings. The van der Waals surface area contributed by atoms with Gasteiger partial charge in [-0.05, 0) is 24.4 Å². The summed E-state index contributed by atoms with van der Waals surface area (Å²) in [4.78, 5) is 10.9. The zero-order valence-corrected chi connectivity index (χ0v) is 9.35. The van der Waals surface area contributed by atoms with E-state index in [0.29, 0.717) is 11.4 Å². The van der Waals surface area contributed by atoms with E-state index in [-0.39, 0.29) is 11.1 Å². The molecular formula is C10H12N2O2S. The van der Waals surface area contributed by atoms with Crippen LogP contribution in [0.25, 0.3) is 0 Å². The zero-order valence-electron chi connectivity index (χ0n) is 8.53. The van der Waals surface area contributed by atoms with Crippen LogP contribution >= 0.6 is 12.2 Å². The average Bonchev–Trinajstić information content (AvgIpc) is 2.20. The van der Waals surface area contributed by atoms with Gasteiger partial charge in [-0.3, -0.25) is 4.79 Å². The molecule has 1 aromatic carbocycles. The first-order valence-electron chi connectivity index (χ1n) is 4.35. The number of nitrogens with one attached hydrogen (secondary N) is 2. The molecule has 0 heterocycles. The summed E-state index contributed by atoms with van der Waals surface area (Å²) in [5.74, 6) is -0.132. The highest BCUT2D eigenvalue weighted by Gasteiger charge is 2.04. The molecule has 0 aliphatic carbocycles. The van der Waals surface area contributed by atoms with E-state index in [4.69, 9.17) is 17.0 Å². The third-order valence-corrected chi connectivity index (χ3v) is 1.93. The Hall–Kier alpha value is -1.62. The van der Waals surface area contributed by atoms with E-state index >= 15 is 0 Å². The summed E-state index contributed by atoms with van der Waals surface area (Å²) in [7, 11) is 1.48. The van der Waals surface area contributed by atoms with Gasteiger partial charge in [0.05, 0.1) is 18.5 Å². The van der Waals surface area contributed by atoms with Gasteiger partial charge in [-0.2, -0.15) is 0 Å². The lowest BCUT2D eigenvalue weighted by atomic mass is 10.2. The largest absolute Gasteiger partial charge is 0.474 e. The minimum Gasteiger partial charge on any atom is -0.474 e. The van der Waals surface area contributed by atoms with Crippen molar-refractivity contribution in [2.45, 2.75) is 6.92 Å². The van der Waals surface area contributed by atoms with Gasteiger partial charge < -0.3 is 15.4 Å². The molecule has 1 rings (SSSR count). The molecule has 0 bridgehead atoms. The Morgan fingerprint density at radius 2 is 1.80 bits per heavy atom. The van der Waals surface area contributed by atoms with Crippen LogP contribution in [0.2, 0.25) is 0 Å². The lowest BCUT2D eigenvalue weighted by Gasteiger charge is -2.11. The van der Waals surface area contributed by atoms with E-state index in [1.807, 2.05) is 12.1 Å². The molecule has 0 spiro atoms. The first-order valence-corrected chi connectivity index (χ1v) is 4.76. The Kier molecular flexibility index (Phi) is 4.05. The van der Waals surface area contributed by atoms with Gasteiger partial charge in [-0.15, -0.1) is 0 Å². The molecule has 80 valence electrons. The van der Waals surface area contributed by atoms with Crippen LogP contribution in [0.15, 0.2) is 24.3 Å². The van der Waals surface area contributed by atoms with Crippen molar-refractivity contribution in [1.82, 2.24) is 0 Å². The number of ether oxygens (including phenoxy) is 1. The van der Waals surface area contributed by atoms with E-state index in [1.54, 1.807) is 12.1 Å². The molecule has 1 amide bonds. The molecule has 0 unspecified atom stereocenters. The highest BCUT2D eigenvalue weighted by Crippen LogP contribution is 2.20. The molecule has 0 aromatic heterocycles. The summed E-state index contributed by atoms with van der Waals surface area (Å²) in [5, 5.41) is 5.80. The second-order valence-electron chi connectivity index (χ2n) is 2.84. The number of hydrogen-bond donors (Lipinski definition) is 2. The molecule has 15 heavy (non-hydrogen) atoms. The maximum Gasteiger partial charge on any atom is 0.260 e. The third kappa shape index (κ3) is 3.55. The summed E-state index contributed by atoms with van der Waals surface area (Å²) in [6.07, 6.45) is 0. The normalized spacial score (nSPS) is 9.20. The fourth-order valence-corrected chi connectivity index (χ4v) is 1.16. The molecule has 1 aromatic rings. The van der Waals surface area contributed by atoms with Gasteiger partial charge in [0.1, 0.15) is 0 Å². The van der Waals surface area contributed by atoms with Crippen molar-refractivity contribution in [3.8, 4) is 0 Å². The topological polar surface area (TPSA) is 50.4 Å². The summed E-state index contributed by atoms with van der Waals surface area (Å²) in [5.41, 5.74) is 1.38. The Morgan fingerprint density at radius 3 is 2.27 bits per heavy atom. The molecule has 0 saturated heterocycles. The molecular weight excluding hydrogens is 212 g/mol. The van der Waals surface area contributed by atoms with Crippen LogP contribution in [0.4, 0.5) is 11.4 Å². The number of para-hydroxylation sites is 2. The quantitative estimate of drug-likeness (QED) is 0.754. The first-order chi connectivity index (χ1) is 7.13. The van der Waals surface area contributed by atoms with Crippen molar-refractivity contribution >= 4 is 34.7 Å². The van der Waals surface area contributed by atoms with E-state index in [2.05, 4.69) is 10.6 Å². The van der Waals surface area contributed by atoms with E-state index in [1.165, 1.54) is 14.0 Å². The second-order valence-corrected chi connectivity index (χ2v) is 3.21. The van der Waals surface area contributed by atoms with Crippen LogP contribution < -0.4 is 10.6 Å². The minimum absolute atomic E-state index is 0.132. The van der Waals surface area contributed by atoms with Crippen LogP contribution in [0.1, 0.15) is 6.92 Å². The van der Waals surface area contributed by atoms with Crippen molar-refractivity contribution in [2.24, 2.45) is 0 Å². The van der Waals surface area contributed by atoms with Gasteiger partial charge >= 0.3 is 0 Å². The van der Waals surface area contributed by atoms with Crippen molar-refractivity contribution in [2.75, 3.05) is 17.7 Å². The highest BCUT2D eigenvalue weighted by atomic mass is 32.1. The highest BCUT2D eigenvalue weighted by molar-refractivity contribution is 7.80. The molecule has 2 N–H and O–H groups in total. The Bertz CT molecular complexity index is 379. The number of benzene rings is 1. The Balaban J connectivity index is 2.85. The van der Waals surface area contributed by atoms with Crippen LogP contribution in [-0.2, 0) is 9.53 Å². The van der Waals surface area contributed by atoms with E-state index < -0.39 is 0 Å². The van der Waals surface area contributed by atoms with Crippen molar-refractivity contribution in [3.63, 3.8) is 0 Å². The van der Waals surface area contributed by atoms with E-state index in [9.17, 15) is 4.79 Å².